The zero-order valence-electron chi connectivity index (χ0n) is 12.9. The van der Waals surface area contributed by atoms with Gasteiger partial charge in [-0.15, -0.1) is 0 Å². The van der Waals surface area contributed by atoms with Crippen molar-refractivity contribution in [3.05, 3.63) is 34.3 Å². The zero-order chi connectivity index (χ0) is 15.1. The summed E-state index contributed by atoms with van der Waals surface area (Å²) in [7, 11) is 2.04. The van der Waals surface area contributed by atoms with Crippen molar-refractivity contribution in [1.82, 2.24) is 10.2 Å². The summed E-state index contributed by atoms with van der Waals surface area (Å²) in [6.45, 7) is 3.81. The summed E-state index contributed by atoms with van der Waals surface area (Å²) in [4.78, 5) is 2.56. The second-order valence-electron chi connectivity index (χ2n) is 6.01. The Hall–Kier alpha value is -0.420. The van der Waals surface area contributed by atoms with Gasteiger partial charge in [-0.25, -0.2) is 0 Å². The van der Waals surface area contributed by atoms with Gasteiger partial charge in [0.15, 0.2) is 0 Å². The lowest BCUT2D eigenvalue weighted by Gasteiger charge is -2.33. The molecular weight excluding hydrogens is 328 g/mol. The molecule has 1 saturated heterocycles. The van der Waals surface area contributed by atoms with Crippen molar-refractivity contribution in [2.45, 2.75) is 31.7 Å². The zero-order valence-corrected chi connectivity index (χ0v) is 14.5. The lowest BCUT2D eigenvalue weighted by Crippen LogP contribution is -2.37. The van der Waals surface area contributed by atoms with E-state index in [2.05, 4.69) is 50.4 Å². The number of hydrogen-bond donors (Lipinski definition) is 2. The maximum atomic E-state index is 9.10. The van der Waals surface area contributed by atoms with Gasteiger partial charge in [0.2, 0.25) is 0 Å². The molecule has 0 amide bonds. The van der Waals surface area contributed by atoms with Crippen LogP contribution in [0.1, 0.15) is 37.3 Å². The maximum absolute atomic E-state index is 9.10. The Labute approximate surface area is 136 Å². The Morgan fingerprint density at radius 2 is 2.33 bits per heavy atom. The number of aliphatic hydroxyl groups is 1. The minimum absolute atomic E-state index is 0.329. The molecule has 1 aliphatic rings. The normalized spacial score (nSPS) is 21.4. The quantitative estimate of drug-likeness (QED) is 0.789. The fraction of sp³-hybridized carbons (Fsp3) is 0.647. The fourth-order valence-electron chi connectivity index (χ4n) is 3.29. The molecule has 0 radical (unpaired) electrons. The molecule has 0 aliphatic carbocycles. The van der Waals surface area contributed by atoms with Crippen LogP contribution in [0.5, 0.6) is 0 Å². The van der Waals surface area contributed by atoms with Gasteiger partial charge in [0.05, 0.1) is 0 Å². The van der Waals surface area contributed by atoms with Gasteiger partial charge in [0.25, 0.3) is 0 Å². The van der Waals surface area contributed by atoms with Gasteiger partial charge in [-0.05, 0) is 69.4 Å². The molecule has 0 saturated carbocycles. The molecule has 0 aromatic heterocycles. The van der Waals surface area contributed by atoms with E-state index >= 15 is 0 Å². The topological polar surface area (TPSA) is 35.5 Å². The summed E-state index contributed by atoms with van der Waals surface area (Å²) in [5, 5.41) is 12.5. The van der Waals surface area contributed by atoms with Crippen LogP contribution in [0.4, 0.5) is 0 Å². The van der Waals surface area contributed by atoms with Crippen LogP contribution in [0.3, 0.4) is 0 Å². The van der Waals surface area contributed by atoms with Crippen molar-refractivity contribution in [2.75, 3.05) is 33.3 Å². The minimum Gasteiger partial charge on any atom is -0.396 e. The molecule has 21 heavy (non-hydrogen) atoms. The van der Waals surface area contributed by atoms with Gasteiger partial charge in [-0.1, -0.05) is 28.1 Å². The molecule has 3 nitrogen and oxygen atoms in total. The highest BCUT2D eigenvalue weighted by Gasteiger charge is 2.20. The largest absolute Gasteiger partial charge is 0.396 e. The highest BCUT2D eigenvalue weighted by Crippen LogP contribution is 2.23. The number of nitrogens with one attached hydrogen (secondary N) is 1. The Kier molecular flexibility index (Phi) is 7.17. The van der Waals surface area contributed by atoms with Crippen LogP contribution >= 0.6 is 15.9 Å². The predicted molar refractivity (Wildman–Crippen MR) is 91.4 cm³/mol. The van der Waals surface area contributed by atoms with Crippen LogP contribution < -0.4 is 5.32 Å². The van der Waals surface area contributed by atoms with Crippen molar-refractivity contribution in [2.24, 2.45) is 5.92 Å². The second-order valence-corrected chi connectivity index (χ2v) is 6.92. The van der Waals surface area contributed by atoms with Crippen LogP contribution in [0, 0.1) is 5.92 Å². The first-order valence-electron chi connectivity index (χ1n) is 7.99. The molecule has 118 valence electrons. The average Bonchev–Trinajstić information content (AvgIpc) is 2.49. The molecule has 1 aliphatic heterocycles. The summed E-state index contributed by atoms with van der Waals surface area (Å²) in [5.74, 6) is 0.683. The van der Waals surface area contributed by atoms with Crippen LogP contribution in [0.2, 0.25) is 0 Å². The van der Waals surface area contributed by atoms with Crippen molar-refractivity contribution >= 4 is 15.9 Å². The smallest absolute Gasteiger partial charge is 0.0434 e. The van der Waals surface area contributed by atoms with Gasteiger partial charge in [0, 0.05) is 23.7 Å². The summed E-state index contributed by atoms with van der Waals surface area (Å²) >= 11 is 3.55. The Morgan fingerprint density at radius 3 is 3.05 bits per heavy atom. The molecular formula is C17H27BrN2O. The molecule has 2 atom stereocenters. The Morgan fingerprint density at radius 1 is 1.48 bits per heavy atom. The highest BCUT2D eigenvalue weighted by atomic mass is 79.9. The summed E-state index contributed by atoms with van der Waals surface area (Å²) in [6, 6.07) is 8.96. The number of aliphatic hydroxyl groups excluding tert-OH is 1. The van der Waals surface area contributed by atoms with Gasteiger partial charge in [-0.3, -0.25) is 0 Å². The van der Waals surface area contributed by atoms with Gasteiger partial charge in [-0.2, -0.15) is 0 Å². The van der Waals surface area contributed by atoms with Crippen LogP contribution in [0.15, 0.2) is 28.7 Å². The van der Waals surface area contributed by atoms with E-state index in [1.165, 1.54) is 24.9 Å². The monoisotopic (exact) mass is 354 g/mol. The number of nitrogens with zero attached hydrogens (tertiary/aromatic N) is 1. The number of benzene rings is 1. The first-order valence-corrected chi connectivity index (χ1v) is 8.78. The molecule has 1 fully saturated rings. The van der Waals surface area contributed by atoms with Gasteiger partial charge < -0.3 is 15.3 Å². The minimum atomic E-state index is 0.329. The third kappa shape index (κ3) is 5.37. The van der Waals surface area contributed by atoms with E-state index in [4.69, 9.17) is 5.11 Å². The van der Waals surface area contributed by atoms with Crippen LogP contribution in [0.25, 0.3) is 0 Å². The molecule has 1 aromatic rings. The number of likely N-dealkylation sites (tertiary alicyclic amines) is 1. The molecule has 2 rings (SSSR count). The summed E-state index contributed by atoms with van der Waals surface area (Å²) < 4.78 is 1.14. The van der Waals surface area contributed by atoms with E-state index in [-0.39, 0.29) is 0 Å². The highest BCUT2D eigenvalue weighted by molar-refractivity contribution is 9.10. The SMILES string of the molecule is CNC(CCN1CCCC(CCO)C1)c1cccc(Br)c1. The van der Waals surface area contributed by atoms with Gasteiger partial charge in [0.1, 0.15) is 0 Å². The number of halogens is 1. The van der Waals surface area contributed by atoms with E-state index in [0.29, 0.717) is 18.6 Å². The third-order valence-corrected chi connectivity index (χ3v) is 4.97. The number of hydrogen-bond acceptors (Lipinski definition) is 3. The lowest BCUT2D eigenvalue weighted by molar-refractivity contribution is 0.143. The fourth-order valence-corrected chi connectivity index (χ4v) is 3.70. The van der Waals surface area contributed by atoms with E-state index in [0.717, 1.165) is 30.4 Å². The molecule has 1 aromatic carbocycles. The van der Waals surface area contributed by atoms with Gasteiger partial charge >= 0.3 is 0 Å². The summed E-state index contributed by atoms with van der Waals surface area (Å²) in [6.07, 6.45) is 4.63. The maximum Gasteiger partial charge on any atom is 0.0434 e. The van der Waals surface area contributed by atoms with Crippen molar-refractivity contribution in [3.8, 4) is 0 Å². The Balaban J connectivity index is 1.85. The first-order chi connectivity index (χ1) is 10.2. The molecule has 2 unspecified atom stereocenters. The van der Waals surface area contributed by atoms with Crippen LogP contribution in [-0.4, -0.2) is 43.3 Å². The van der Waals surface area contributed by atoms with E-state index in [1.54, 1.807) is 0 Å². The molecule has 4 heteroatoms. The molecule has 2 N–H and O–H groups in total. The van der Waals surface area contributed by atoms with E-state index in [1.807, 2.05) is 7.05 Å². The van der Waals surface area contributed by atoms with Crippen LogP contribution in [-0.2, 0) is 0 Å². The average molecular weight is 355 g/mol. The summed E-state index contributed by atoms with van der Waals surface area (Å²) in [5.41, 5.74) is 1.34. The molecule has 1 heterocycles. The second kappa shape index (κ2) is 8.89. The third-order valence-electron chi connectivity index (χ3n) is 4.47. The number of piperidine rings is 1. The first kappa shape index (κ1) is 16.9. The standard InChI is InChI=1S/C17H27BrN2O/c1-19-17(15-5-2-6-16(18)12-15)7-10-20-9-3-4-14(13-20)8-11-21/h2,5-6,12,14,17,19,21H,3-4,7-11,13H2,1H3. The van der Waals surface area contributed by atoms with E-state index in [9.17, 15) is 0 Å². The number of rotatable bonds is 7. The lowest BCUT2D eigenvalue weighted by atomic mass is 9.94. The van der Waals surface area contributed by atoms with Crippen molar-refractivity contribution < 1.29 is 5.11 Å². The Bertz CT molecular complexity index is 425. The van der Waals surface area contributed by atoms with Crippen molar-refractivity contribution in [3.63, 3.8) is 0 Å². The molecule has 0 spiro atoms. The predicted octanol–water partition coefficient (Wildman–Crippen LogP) is 3.19. The molecule has 0 bridgehead atoms. The van der Waals surface area contributed by atoms with E-state index < -0.39 is 0 Å². The van der Waals surface area contributed by atoms with Crippen molar-refractivity contribution in [1.29, 1.82) is 0 Å².